The molecule has 0 saturated heterocycles. The van der Waals surface area contributed by atoms with Crippen molar-refractivity contribution in [1.82, 2.24) is 5.32 Å². The minimum Gasteiger partial charge on any atom is -0.314 e. The maximum atomic E-state index is 14.1. The fourth-order valence-electron chi connectivity index (χ4n) is 2.69. The van der Waals surface area contributed by atoms with E-state index >= 15 is 0 Å². The second kappa shape index (κ2) is 5.80. The molecule has 1 aromatic rings. The first-order valence-corrected chi connectivity index (χ1v) is 7.46. The first kappa shape index (κ1) is 14.8. The molecule has 19 heavy (non-hydrogen) atoms. The summed E-state index contributed by atoms with van der Waals surface area (Å²) in [6.07, 6.45) is 3.28. The quantitative estimate of drug-likeness (QED) is 0.814. The molecule has 1 aliphatic rings. The summed E-state index contributed by atoms with van der Waals surface area (Å²) in [5, 5.41) is 3.74. The van der Waals surface area contributed by atoms with Crippen LogP contribution < -0.4 is 5.32 Å². The highest BCUT2D eigenvalue weighted by Gasteiger charge is 2.41. The van der Waals surface area contributed by atoms with Gasteiger partial charge in [-0.2, -0.15) is 0 Å². The van der Waals surface area contributed by atoms with Crippen LogP contribution in [0, 0.1) is 17.2 Å². The number of nitrogens with one attached hydrogen (secondary N) is 1. The van der Waals surface area contributed by atoms with Crippen LogP contribution in [0.5, 0.6) is 0 Å². The molecular formula is C16H23ClFN. The van der Waals surface area contributed by atoms with Crippen molar-refractivity contribution in [2.45, 2.75) is 46.1 Å². The van der Waals surface area contributed by atoms with Crippen molar-refractivity contribution in [3.8, 4) is 0 Å². The van der Waals surface area contributed by atoms with Gasteiger partial charge in [0.1, 0.15) is 5.82 Å². The molecule has 106 valence electrons. The molecule has 1 unspecified atom stereocenters. The van der Waals surface area contributed by atoms with Gasteiger partial charge in [0.15, 0.2) is 0 Å². The highest BCUT2D eigenvalue weighted by atomic mass is 35.5. The van der Waals surface area contributed by atoms with E-state index in [9.17, 15) is 4.39 Å². The summed E-state index contributed by atoms with van der Waals surface area (Å²) in [5.74, 6) is 0.456. The van der Waals surface area contributed by atoms with Gasteiger partial charge in [-0.15, -0.1) is 0 Å². The van der Waals surface area contributed by atoms with Gasteiger partial charge < -0.3 is 5.32 Å². The van der Waals surface area contributed by atoms with Crippen LogP contribution in [0.2, 0.25) is 5.02 Å². The summed E-state index contributed by atoms with van der Waals surface area (Å²) < 4.78 is 14.1. The molecule has 1 aliphatic carbocycles. The van der Waals surface area contributed by atoms with Gasteiger partial charge in [0.2, 0.25) is 0 Å². The summed E-state index contributed by atoms with van der Waals surface area (Å²) in [5.41, 5.74) is 0.864. The SMILES string of the molecule is CC(C)NCC(C)(Cc1cccc(Cl)c1F)C1CC1. The lowest BCUT2D eigenvalue weighted by Gasteiger charge is -2.31. The Bertz CT molecular complexity index is 442. The molecular weight excluding hydrogens is 261 g/mol. The second-order valence-corrected chi connectivity index (χ2v) is 6.76. The van der Waals surface area contributed by atoms with Gasteiger partial charge in [0.05, 0.1) is 5.02 Å². The lowest BCUT2D eigenvalue weighted by atomic mass is 9.78. The van der Waals surface area contributed by atoms with E-state index in [1.54, 1.807) is 6.07 Å². The average molecular weight is 284 g/mol. The summed E-state index contributed by atoms with van der Waals surface area (Å²) >= 11 is 5.87. The van der Waals surface area contributed by atoms with Gasteiger partial charge in [-0.3, -0.25) is 0 Å². The molecule has 1 saturated carbocycles. The monoisotopic (exact) mass is 283 g/mol. The van der Waals surface area contributed by atoms with Gasteiger partial charge in [-0.05, 0) is 42.2 Å². The third-order valence-corrected chi connectivity index (χ3v) is 4.39. The third kappa shape index (κ3) is 3.70. The van der Waals surface area contributed by atoms with Crippen molar-refractivity contribution in [2.24, 2.45) is 11.3 Å². The number of hydrogen-bond donors (Lipinski definition) is 1. The predicted molar refractivity (Wildman–Crippen MR) is 79.1 cm³/mol. The lowest BCUT2D eigenvalue weighted by Crippen LogP contribution is -2.38. The summed E-state index contributed by atoms with van der Waals surface area (Å²) in [6, 6.07) is 5.77. The van der Waals surface area contributed by atoms with Crippen LogP contribution in [-0.2, 0) is 6.42 Å². The Labute approximate surface area is 120 Å². The van der Waals surface area contributed by atoms with E-state index < -0.39 is 0 Å². The van der Waals surface area contributed by atoms with E-state index in [1.807, 2.05) is 12.1 Å². The molecule has 0 aromatic heterocycles. The highest BCUT2D eigenvalue weighted by molar-refractivity contribution is 6.30. The van der Waals surface area contributed by atoms with Crippen LogP contribution in [0.15, 0.2) is 18.2 Å². The Kier molecular flexibility index (Phi) is 4.52. The summed E-state index contributed by atoms with van der Waals surface area (Å²) in [6.45, 7) is 7.49. The first-order valence-electron chi connectivity index (χ1n) is 7.08. The molecule has 0 heterocycles. The molecule has 0 amide bonds. The van der Waals surface area contributed by atoms with Gasteiger partial charge in [0, 0.05) is 12.6 Å². The Morgan fingerprint density at radius 3 is 2.68 bits per heavy atom. The molecule has 1 aromatic carbocycles. The molecule has 0 aliphatic heterocycles. The van der Waals surface area contributed by atoms with Gasteiger partial charge >= 0.3 is 0 Å². The summed E-state index contributed by atoms with van der Waals surface area (Å²) in [4.78, 5) is 0. The van der Waals surface area contributed by atoms with E-state index in [-0.39, 0.29) is 16.3 Å². The number of benzene rings is 1. The molecule has 0 radical (unpaired) electrons. The molecule has 1 nitrogen and oxygen atoms in total. The predicted octanol–water partition coefficient (Wildman–Crippen LogP) is 4.44. The van der Waals surface area contributed by atoms with E-state index in [0.717, 1.165) is 18.5 Å². The zero-order valence-electron chi connectivity index (χ0n) is 12.0. The van der Waals surface area contributed by atoms with Gasteiger partial charge in [-0.25, -0.2) is 4.39 Å². The standard InChI is InChI=1S/C16H23ClFN/c1-11(2)19-10-16(3,13-7-8-13)9-12-5-4-6-14(17)15(12)18/h4-6,11,13,19H,7-10H2,1-3H3. The van der Waals surface area contributed by atoms with E-state index in [2.05, 4.69) is 26.1 Å². The number of rotatable bonds is 6. The normalized spacial score (nSPS) is 18.6. The van der Waals surface area contributed by atoms with Crippen molar-refractivity contribution in [2.75, 3.05) is 6.54 Å². The van der Waals surface area contributed by atoms with Crippen molar-refractivity contribution in [3.05, 3.63) is 34.6 Å². The van der Waals surface area contributed by atoms with Crippen molar-refractivity contribution in [1.29, 1.82) is 0 Å². The molecule has 1 atom stereocenters. The van der Waals surface area contributed by atoms with Crippen LogP contribution >= 0.6 is 11.6 Å². The molecule has 2 rings (SSSR count). The van der Waals surface area contributed by atoms with Crippen LogP contribution in [0.3, 0.4) is 0 Å². The summed E-state index contributed by atoms with van der Waals surface area (Å²) in [7, 11) is 0. The maximum Gasteiger partial charge on any atom is 0.144 e. The molecule has 1 fully saturated rings. The smallest absolute Gasteiger partial charge is 0.144 e. The van der Waals surface area contributed by atoms with Crippen LogP contribution in [-0.4, -0.2) is 12.6 Å². The maximum absolute atomic E-state index is 14.1. The van der Waals surface area contributed by atoms with E-state index in [0.29, 0.717) is 12.0 Å². The van der Waals surface area contributed by atoms with E-state index in [4.69, 9.17) is 11.6 Å². The van der Waals surface area contributed by atoms with E-state index in [1.165, 1.54) is 12.8 Å². The fraction of sp³-hybridized carbons (Fsp3) is 0.625. The first-order chi connectivity index (χ1) is 8.92. The number of halogens is 2. The third-order valence-electron chi connectivity index (χ3n) is 4.10. The van der Waals surface area contributed by atoms with Crippen LogP contribution in [0.4, 0.5) is 4.39 Å². The van der Waals surface area contributed by atoms with Crippen molar-refractivity contribution in [3.63, 3.8) is 0 Å². The largest absolute Gasteiger partial charge is 0.314 e. The molecule has 1 N–H and O–H groups in total. The molecule has 0 spiro atoms. The molecule has 3 heteroatoms. The second-order valence-electron chi connectivity index (χ2n) is 6.35. The average Bonchev–Trinajstić information content (AvgIpc) is 3.17. The highest BCUT2D eigenvalue weighted by Crippen LogP contribution is 2.47. The minimum absolute atomic E-state index is 0.121. The minimum atomic E-state index is -0.249. The topological polar surface area (TPSA) is 12.0 Å². The Morgan fingerprint density at radius 1 is 1.42 bits per heavy atom. The van der Waals surface area contributed by atoms with Crippen LogP contribution in [0.25, 0.3) is 0 Å². The Balaban J connectivity index is 2.14. The number of hydrogen-bond acceptors (Lipinski definition) is 1. The zero-order valence-corrected chi connectivity index (χ0v) is 12.7. The van der Waals surface area contributed by atoms with Gasteiger partial charge in [-0.1, -0.05) is 44.5 Å². The lowest BCUT2D eigenvalue weighted by molar-refractivity contribution is 0.245. The molecule has 0 bridgehead atoms. The Morgan fingerprint density at radius 2 is 2.11 bits per heavy atom. The van der Waals surface area contributed by atoms with Gasteiger partial charge in [0.25, 0.3) is 0 Å². The van der Waals surface area contributed by atoms with Crippen molar-refractivity contribution >= 4 is 11.6 Å². The fourth-order valence-corrected chi connectivity index (χ4v) is 2.88. The van der Waals surface area contributed by atoms with Crippen LogP contribution in [0.1, 0.15) is 39.2 Å². The van der Waals surface area contributed by atoms with Crippen molar-refractivity contribution < 1.29 is 4.39 Å². The zero-order chi connectivity index (χ0) is 14.0. The Hall–Kier alpha value is -0.600.